The Morgan fingerprint density at radius 3 is 3.00 bits per heavy atom. The summed E-state index contributed by atoms with van der Waals surface area (Å²) in [6.45, 7) is 2.23. The van der Waals surface area contributed by atoms with Gasteiger partial charge in [-0.25, -0.2) is 0 Å². The lowest BCUT2D eigenvalue weighted by molar-refractivity contribution is 0.799. The largest absolute Gasteiger partial charge is 0.264 e. The quantitative estimate of drug-likeness (QED) is 0.712. The monoisotopic (exact) mass is 185 g/mol. The van der Waals surface area contributed by atoms with Crippen molar-refractivity contribution in [3.05, 3.63) is 42.2 Å². The summed E-state index contributed by atoms with van der Waals surface area (Å²) in [5.41, 5.74) is 1.43. The zero-order valence-corrected chi connectivity index (χ0v) is 8.53. The van der Waals surface area contributed by atoms with E-state index < -0.39 is 0 Å². The minimum atomic E-state index is 1.17. The van der Waals surface area contributed by atoms with Crippen LogP contribution in [0.3, 0.4) is 0 Å². The normalized spacial score (nSPS) is 10.6. The number of hydrogen-bond donors (Lipinski definition) is 0. The van der Waals surface area contributed by atoms with Crippen molar-refractivity contribution >= 4 is 10.8 Å². The summed E-state index contributed by atoms with van der Waals surface area (Å²) in [6, 6.07) is 8.56. The van der Waals surface area contributed by atoms with Gasteiger partial charge in [0.25, 0.3) is 0 Å². The average Bonchev–Trinajstić information content (AvgIpc) is 2.26. The predicted octanol–water partition coefficient (Wildman–Crippen LogP) is 3.58. The lowest BCUT2D eigenvalue weighted by Gasteiger charge is -2.04. The Kier molecular flexibility index (Phi) is 2.78. The first-order chi connectivity index (χ1) is 6.92. The zero-order chi connectivity index (χ0) is 9.80. The first kappa shape index (κ1) is 9.20. The molecule has 1 aromatic carbocycles. The van der Waals surface area contributed by atoms with Crippen LogP contribution < -0.4 is 0 Å². The van der Waals surface area contributed by atoms with Gasteiger partial charge in [-0.3, -0.25) is 4.98 Å². The number of benzene rings is 1. The van der Waals surface area contributed by atoms with Crippen LogP contribution in [-0.4, -0.2) is 4.98 Å². The number of pyridine rings is 1. The lowest BCUT2D eigenvalue weighted by atomic mass is 10.0. The summed E-state index contributed by atoms with van der Waals surface area (Å²) in [5.74, 6) is 0. The van der Waals surface area contributed by atoms with Gasteiger partial charge in [0, 0.05) is 17.8 Å². The van der Waals surface area contributed by atoms with E-state index in [0.717, 1.165) is 0 Å². The van der Waals surface area contributed by atoms with Gasteiger partial charge in [0.05, 0.1) is 0 Å². The Morgan fingerprint density at radius 1 is 1.21 bits per heavy atom. The third-order valence-electron chi connectivity index (χ3n) is 2.57. The minimum Gasteiger partial charge on any atom is -0.264 e. The highest BCUT2D eigenvalue weighted by molar-refractivity contribution is 5.84. The molecule has 1 heterocycles. The molecule has 0 saturated heterocycles. The highest BCUT2D eigenvalue weighted by Crippen LogP contribution is 2.18. The van der Waals surface area contributed by atoms with E-state index in [-0.39, 0.29) is 0 Å². The van der Waals surface area contributed by atoms with Gasteiger partial charge in [0.2, 0.25) is 0 Å². The number of hydrogen-bond acceptors (Lipinski definition) is 1. The maximum atomic E-state index is 4.18. The molecule has 0 bridgehead atoms. The van der Waals surface area contributed by atoms with Crippen LogP contribution in [0.1, 0.15) is 25.3 Å². The molecule has 0 fully saturated rings. The average molecular weight is 185 g/mol. The molecule has 1 aromatic heterocycles. The van der Waals surface area contributed by atoms with E-state index in [9.17, 15) is 0 Å². The van der Waals surface area contributed by atoms with E-state index in [4.69, 9.17) is 0 Å². The number of nitrogens with zero attached hydrogens (tertiary/aromatic N) is 1. The van der Waals surface area contributed by atoms with Crippen LogP contribution in [0.25, 0.3) is 10.8 Å². The highest BCUT2D eigenvalue weighted by atomic mass is 14.6. The van der Waals surface area contributed by atoms with Crippen molar-refractivity contribution < 1.29 is 0 Å². The number of aromatic nitrogens is 1. The van der Waals surface area contributed by atoms with E-state index >= 15 is 0 Å². The Morgan fingerprint density at radius 2 is 2.14 bits per heavy atom. The van der Waals surface area contributed by atoms with Crippen LogP contribution in [0.5, 0.6) is 0 Å². The summed E-state index contributed by atoms with van der Waals surface area (Å²) in [6.07, 6.45) is 7.50. The van der Waals surface area contributed by atoms with E-state index in [1.165, 1.54) is 35.6 Å². The van der Waals surface area contributed by atoms with Crippen molar-refractivity contribution in [2.45, 2.75) is 26.2 Å². The molecule has 72 valence electrons. The molecule has 0 N–H and O–H groups in total. The molecule has 0 saturated carbocycles. The van der Waals surface area contributed by atoms with Crippen LogP contribution >= 0.6 is 0 Å². The van der Waals surface area contributed by atoms with Crippen molar-refractivity contribution in [2.75, 3.05) is 0 Å². The van der Waals surface area contributed by atoms with Crippen molar-refractivity contribution in [2.24, 2.45) is 0 Å². The van der Waals surface area contributed by atoms with Gasteiger partial charge in [0.1, 0.15) is 0 Å². The molecule has 14 heavy (non-hydrogen) atoms. The van der Waals surface area contributed by atoms with E-state index in [2.05, 4.69) is 36.2 Å². The SMILES string of the molecule is CCCCc1cccc2ccncc12. The van der Waals surface area contributed by atoms with Gasteiger partial charge in [0.15, 0.2) is 0 Å². The van der Waals surface area contributed by atoms with Crippen molar-refractivity contribution in [1.82, 2.24) is 4.98 Å². The van der Waals surface area contributed by atoms with Gasteiger partial charge in [-0.2, -0.15) is 0 Å². The molecule has 1 nitrogen and oxygen atoms in total. The first-order valence-electron chi connectivity index (χ1n) is 5.23. The Balaban J connectivity index is 2.43. The summed E-state index contributed by atoms with van der Waals surface area (Å²) in [7, 11) is 0. The lowest BCUT2D eigenvalue weighted by Crippen LogP contribution is -1.87. The smallest absolute Gasteiger partial charge is 0.0349 e. The van der Waals surface area contributed by atoms with Crippen LogP contribution in [-0.2, 0) is 6.42 Å². The van der Waals surface area contributed by atoms with Crippen LogP contribution in [0.15, 0.2) is 36.7 Å². The van der Waals surface area contributed by atoms with Crippen molar-refractivity contribution in [3.63, 3.8) is 0 Å². The molecule has 2 rings (SSSR count). The molecule has 0 spiro atoms. The standard InChI is InChI=1S/C13H15N/c1-2-3-5-11-6-4-7-12-8-9-14-10-13(11)12/h4,6-10H,2-3,5H2,1H3. The van der Waals surface area contributed by atoms with Crippen LogP contribution in [0.2, 0.25) is 0 Å². The van der Waals surface area contributed by atoms with Gasteiger partial charge in [-0.05, 0) is 29.9 Å². The van der Waals surface area contributed by atoms with E-state index in [1.54, 1.807) is 0 Å². The van der Waals surface area contributed by atoms with Crippen LogP contribution in [0.4, 0.5) is 0 Å². The predicted molar refractivity (Wildman–Crippen MR) is 60.4 cm³/mol. The van der Waals surface area contributed by atoms with Crippen LogP contribution in [0, 0.1) is 0 Å². The fourth-order valence-electron chi connectivity index (χ4n) is 1.76. The third-order valence-corrected chi connectivity index (χ3v) is 2.57. The summed E-state index contributed by atoms with van der Waals surface area (Å²) in [5, 5.41) is 2.61. The van der Waals surface area contributed by atoms with E-state index in [1.807, 2.05) is 12.4 Å². The second kappa shape index (κ2) is 4.23. The highest BCUT2D eigenvalue weighted by Gasteiger charge is 1.99. The molecule has 0 aliphatic rings. The van der Waals surface area contributed by atoms with Crippen molar-refractivity contribution in [1.29, 1.82) is 0 Å². The van der Waals surface area contributed by atoms with Gasteiger partial charge < -0.3 is 0 Å². The number of rotatable bonds is 3. The second-order valence-corrected chi connectivity index (χ2v) is 3.62. The Labute approximate surface area is 84.8 Å². The number of fused-ring (bicyclic) bond motifs is 1. The minimum absolute atomic E-state index is 1.17. The Bertz CT molecular complexity index is 415. The van der Waals surface area contributed by atoms with Gasteiger partial charge >= 0.3 is 0 Å². The molecule has 0 amide bonds. The molecule has 0 atom stereocenters. The molecule has 0 aliphatic carbocycles. The second-order valence-electron chi connectivity index (χ2n) is 3.62. The van der Waals surface area contributed by atoms with Crippen molar-refractivity contribution in [3.8, 4) is 0 Å². The first-order valence-corrected chi connectivity index (χ1v) is 5.23. The molecule has 1 heteroatoms. The van der Waals surface area contributed by atoms with Gasteiger partial charge in [-0.1, -0.05) is 31.5 Å². The zero-order valence-electron chi connectivity index (χ0n) is 8.53. The third kappa shape index (κ3) is 1.77. The fourth-order valence-corrected chi connectivity index (χ4v) is 1.76. The number of aryl methyl sites for hydroxylation is 1. The molecule has 2 aromatic rings. The maximum Gasteiger partial charge on any atom is 0.0349 e. The van der Waals surface area contributed by atoms with Gasteiger partial charge in [-0.15, -0.1) is 0 Å². The molecular weight excluding hydrogens is 170 g/mol. The number of unbranched alkanes of at least 4 members (excludes halogenated alkanes) is 1. The molecule has 0 aliphatic heterocycles. The summed E-state index contributed by atoms with van der Waals surface area (Å²) >= 11 is 0. The fraction of sp³-hybridized carbons (Fsp3) is 0.308. The maximum absolute atomic E-state index is 4.18. The summed E-state index contributed by atoms with van der Waals surface area (Å²) < 4.78 is 0. The summed E-state index contributed by atoms with van der Waals surface area (Å²) in [4.78, 5) is 4.18. The molecular formula is C13H15N. The molecule has 0 unspecified atom stereocenters. The molecule has 0 radical (unpaired) electrons. The topological polar surface area (TPSA) is 12.9 Å². The Hall–Kier alpha value is -1.37. The van der Waals surface area contributed by atoms with E-state index in [0.29, 0.717) is 0 Å².